The van der Waals surface area contributed by atoms with Crippen LogP contribution in [0, 0.1) is 0 Å². The van der Waals surface area contributed by atoms with Crippen molar-refractivity contribution in [2.75, 3.05) is 13.1 Å². The van der Waals surface area contributed by atoms with Gasteiger partial charge in [-0.05, 0) is 66.5 Å². The van der Waals surface area contributed by atoms with E-state index >= 15 is 0 Å². The molecule has 33 heavy (non-hydrogen) atoms. The Balaban J connectivity index is 1.47. The maximum Gasteiger partial charge on any atom is 0.263 e. The van der Waals surface area contributed by atoms with Gasteiger partial charge < -0.3 is 15.0 Å². The van der Waals surface area contributed by atoms with Gasteiger partial charge in [-0.3, -0.25) is 9.59 Å². The number of ether oxygens (including phenoxy) is 1. The van der Waals surface area contributed by atoms with Gasteiger partial charge in [-0.25, -0.2) is 0 Å². The molecule has 1 aliphatic heterocycles. The minimum Gasteiger partial charge on any atom is -0.481 e. The van der Waals surface area contributed by atoms with Gasteiger partial charge in [-0.2, -0.15) is 0 Å². The van der Waals surface area contributed by atoms with Gasteiger partial charge in [-0.15, -0.1) is 0 Å². The summed E-state index contributed by atoms with van der Waals surface area (Å²) in [7, 11) is 0. The quantitative estimate of drug-likeness (QED) is 0.650. The molecule has 0 radical (unpaired) electrons. The van der Waals surface area contributed by atoms with Crippen molar-refractivity contribution in [1.82, 2.24) is 10.2 Å². The predicted octanol–water partition coefficient (Wildman–Crippen LogP) is 5.30. The second-order valence-electron chi connectivity index (χ2n) is 10.4. The zero-order valence-corrected chi connectivity index (χ0v) is 20.9. The van der Waals surface area contributed by atoms with E-state index in [1.165, 1.54) is 11.1 Å². The van der Waals surface area contributed by atoms with Crippen molar-refractivity contribution in [3.8, 4) is 5.75 Å². The molecule has 3 rings (SSSR count). The van der Waals surface area contributed by atoms with Gasteiger partial charge in [0.15, 0.2) is 6.10 Å². The van der Waals surface area contributed by atoms with Crippen LogP contribution in [0.1, 0.15) is 81.8 Å². The number of carbonyl (C=O) groups excluding carboxylic acids is 2. The Labute approximate surface area is 198 Å². The molecule has 5 nitrogen and oxygen atoms in total. The fourth-order valence-corrected chi connectivity index (χ4v) is 4.08. The van der Waals surface area contributed by atoms with E-state index in [0.717, 1.165) is 12.8 Å². The monoisotopic (exact) mass is 450 g/mol. The maximum absolute atomic E-state index is 12.9. The number of hydrogen-bond acceptors (Lipinski definition) is 3. The lowest BCUT2D eigenvalue weighted by Gasteiger charge is -2.34. The third-order valence-electron chi connectivity index (χ3n) is 6.36. The summed E-state index contributed by atoms with van der Waals surface area (Å²) >= 11 is 0. The van der Waals surface area contributed by atoms with Gasteiger partial charge in [-0.1, -0.05) is 58.9 Å². The Kier molecular flexibility index (Phi) is 7.83. The molecule has 178 valence electrons. The standard InChI is InChI=1S/C28H38N2O3/c1-19(2)21-9-13-25(14-10-21)33-20(3)27(32)30-17-15-24(16-18-30)29-26(31)22-7-11-23(12-8-22)28(4,5)6/h7-14,19-20,24H,15-18H2,1-6H3,(H,29,31). The lowest BCUT2D eigenvalue weighted by molar-refractivity contribution is -0.139. The highest BCUT2D eigenvalue weighted by Gasteiger charge is 2.28. The Bertz CT molecular complexity index is 935. The summed E-state index contributed by atoms with van der Waals surface area (Å²) in [6.45, 7) is 13.8. The van der Waals surface area contributed by atoms with Crippen LogP contribution in [0.2, 0.25) is 0 Å². The highest BCUT2D eigenvalue weighted by atomic mass is 16.5. The summed E-state index contributed by atoms with van der Waals surface area (Å²) in [6, 6.07) is 15.8. The first kappa shape index (κ1) is 24.8. The number of nitrogens with zero attached hydrogens (tertiary/aromatic N) is 1. The van der Waals surface area contributed by atoms with Crippen LogP contribution in [0.25, 0.3) is 0 Å². The number of rotatable bonds is 6. The van der Waals surface area contributed by atoms with E-state index in [9.17, 15) is 9.59 Å². The molecule has 0 saturated carbocycles. The average molecular weight is 451 g/mol. The molecule has 0 bridgehead atoms. The normalized spacial score (nSPS) is 15.9. The van der Waals surface area contributed by atoms with Crippen LogP contribution < -0.4 is 10.1 Å². The first-order valence-electron chi connectivity index (χ1n) is 12.0. The Morgan fingerprint density at radius 2 is 1.52 bits per heavy atom. The van der Waals surface area contributed by atoms with E-state index in [-0.39, 0.29) is 23.3 Å². The van der Waals surface area contributed by atoms with Crippen molar-refractivity contribution in [2.24, 2.45) is 0 Å². The zero-order valence-electron chi connectivity index (χ0n) is 20.9. The Hall–Kier alpha value is -2.82. The van der Waals surface area contributed by atoms with Crippen molar-refractivity contribution in [3.63, 3.8) is 0 Å². The molecule has 0 spiro atoms. The highest BCUT2D eigenvalue weighted by Crippen LogP contribution is 2.23. The van der Waals surface area contributed by atoms with Gasteiger partial charge in [0.25, 0.3) is 11.8 Å². The van der Waals surface area contributed by atoms with E-state index in [4.69, 9.17) is 4.74 Å². The Morgan fingerprint density at radius 1 is 0.939 bits per heavy atom. The number of amides is 2. The molecule has 1 fully saturated rings. The van der Waals surface area contributed by atoms with E-state index in [0.29, 0.717) is 30.3 Å². The molecule has 1 unspecified atom stereocenters. The molecular formula is C28H38N2O3. The molecule has 1 atom stereocenters. The molecule has 2 aromatic carbocycles. The molecule has 1 aliphatic rings. The Morgan fingerprint density at radius 3 is 2.03 bits per heavy atom. The molecule has 1 N–H and O–H groups in total. The molecular weight excluding hydrogens is 412 g/mol. The van der Waals surface area contributed by atoms with Crippen molar-refractivity contribution in [3.05, 3.63) is 65.2 Å². The van der Waals surface area contributed by atoms with Crippen LogP contribution in [-0.4, -0.2) is 41.9 Å². The third-order valence-corrected chi connectivity index (χ3v) is 6.36. The number of hydrogen-bond donors (Lipinski definition) is 1. The van der Waals surface area contributed by atoms with Crippen molar-refractivity contribution < 1.29 is 14.3 Å². The summed E-state index contributed by atoms with van der Waals surface area (Å²) in [4.78, 5) is 27.4. The molecule has 5 heteroatoms. The summed E-state index contributed by atoms with van der Waals surface area (Å²) in [5, 5.41) is 3.13. The first-order chi connectivity index (χ1) is 15.5. The van der Waals surface area contributed by atoms with Crippen LogP contribution in [-0.2, 0) is 10.2 Å². The molecule has 0 aromatic heterocycles. The highest BCUT2D eigenvalue weighted by molar-refractivity contribution is 5.94. The molecule has 0 aliphatic carbocycles. The summed E-state index contributed by atoms with van der Waals surface area (Å²) in [5.41, 5.74) is 3.19. The van der Waals surface area contributed by atoms with Gasteiger partial charge in [0.05, 0.1) is 0 Å². The van der Waals surface area contributed by atoms with E-state index in [2.05, 4.69) is 39.9 Å². The SMILES string of the molecule is CC(Oc1ccc(C(C)C)cc1)C(=O)N1CCC(NC(=O)c2ccc(C(C)(C)C)cc2)CC1. The van der Waals surface area contributed by atoms with Crippen LogP contribution in [0.5, 0.6) is 5.75 Å². The first-order valence-corrected chi connectivity index (χ1v) is 12.0. The van der Waals surface area contributed by atoms with Gasteiger partial charge in [0, 0.05) is 24.7 Å². The van der Waals surface area contributed by atoms with E-state index in [1.54, 1.807) is 6.92 Å². The number of benzene rings is 2. The smallest absolute Gasteiger partial charge is 0.263 e. The van der Waals surface area contributed by atoms with Crippen LogP contribution in [0.15, 0.2) is 48.5 Å². The largest absolute Gasteiger partial charge is 0.481 e. The summed E-state index contributed by atoms with van der Waals surface area (Å²) in [6.07, 6.45) is 0.947. The fraction of sp³-hybridized carbons (Fsp3) is 0.500. The topological polar surface area (TPSA) is 58.6 Å². The third kappa shape index (κ3) is 6.59. The van der Waals surface area contributed by atoms with Crippen LogP contribution in [0.4, 0.5) is 0 Å². The molecule has 2 amide bonds. The van der Waals surface area contributed by atoms with Crippen LogP contribution >= 0.6 is 0 Å². The molecule has 2 aromatic rings. The number of piperidine rings is 1. The average Bonchev–Trinajstić information content (AvgIpc) is 2.79. The van der Waals surface area contributed by atoms with Gasteiger partial charge in [0.1, 0.15) is 5.75 Å². The molecule has 1 saturated heterocycles. The van der Waals surface area contributed by atoms with Crippen LogP contribution in [0.3, 0.4) is 0 Å². The van der Waals surface area contributed by atoms with Crippen molar-refractivity contribution >= 4 is 11.8 Å². The van der Waals surface area contributed by atoms with Crippen molar-refractivity contribution in [2.45, 2.75) is 77.9 Å². The minimum atomic E-state index is -0.539. The molecule has 1 heterocycles. The van der Waals surface area contributed by atoms with E-state index in [1.807, 2.05) is 53.4 Å². The maximum atomic E-state index is 12.9. The number of nitrogens with one attached hydrogen (secondary N) is 1. The van der Waals surface area contributed by atoms with Crippen molar-refractivity contribution in [1.29, 1.82) is 0 Å². The lowest BCUT2D eigenvalue weighted by Crippen LogP contribution is -2.49. The fourth-order valence-electron chi connectivity index (χ4n) is 4.08. The van der Waals surface area contributed by atoms with E-state index < -0.39 is 6.10 Å². The minimum absolute atomic E-state index is 0.00881. The predicted molar refractivity (Wildman–Crippen MR) is 133 cm³/mol. The second-order valence-corrected chi connectivity index (χ2v) is 10.4. The lowest BCUT2D eigenvalue weighted by atomic mass is 9.86. The zero-order chi connectivity index (χ0) is 24.2. The number of carbonyl (C=O) groups is 2. The number of likely N-dealkylation sites (tertiary alicyclic amines) is 1. The van der Waals surface area contributed by atoms with Gasteiger partial charge in [0.2, 0.25) is 0 Å². The summed E-state index contributed by atoms with van der Waals surface area (Å²) in [5.74, 6) is 1.11. The second kappa shape index (κ2) is 10.4. The summed E-state index contributed by atoms with van der Waals surface area (Å²) < 4.78 is 5.89. The van der Waals surface area contributed by atoms with Gasteiger partial charge >= 0.3 is 0 Å².